The van der Waals surface area contributed by atoms with Gasteiger partial charge in [0.1, 0.15) is 0 Å². The van der Waals surface area contributed by atoms with Crippen molar-refractivity contribution in [3.05, 3.63) is 29.3 Å². The molecule has 1 aromatic carbocycles. The first-order valence-corrected chi connectivity index (χ1v) is 10.2. The van der Waals surface area contributed by atoms with Crippen molar-refractivity contribution >= 4 is 15.8 Å². The summed E-state index contributed by atoms with van der Waals surface area (Å²) in [4.78, 5) is 4.60. The van der Waals surface area contributed by atoms with Crippen LogP contribution >= 0.6 is 0 Å². The van der Waals surface area contributed by atoms with E-state index in [1.807, 2.05) is 19.1 Å². The van der Waals surface area contributed by atoms with E-state index >= 15 is 0 Å². The van der Waals surface area contributed by atoms with Crippen molar-refractivity contribution in [3.63, 3.8) is 0 Å². The second-order valence-electron chi connectivity index (χ2n) is 7.39. The lowest BCUT2D eigenvalue weighted by Crippen LogP contribution is -2.37. The molecule has 1 rings (SSSR count). The third-order valence-corrected chi connectivity index (χ3v) is 4.98. The molecule has 136 valence electrons. The minimum atomic E-state index is -3.17. The minimum absolute atomic E-state index is 0.345. The Labute approximate surface area is 146 Å². The van der Waals surface area contributed by atoms with Gasteiger partial charge in [0, 0.05) is 26.4 Å². The van der Waals surface area contributed by atoms with Gasteiger partial charge in [0.05, 0.1) is 4.90 Å². The average Bonchev–Trinajstić information content (AvgIpc) is 2.44. The number of nitrogens with zero attached hydrogens (tertiary/aromatic N) is 1. The van der Waals surface area contributed by atoms with Crippen molar-refractivity contribution in [2.24, 2.45) is 10.4 Å². The molecule has 0 saturated carbocycles. The van der Waals surface area contributed by atoms with Crippen LogP contribution in [0.2, 0.25) is 0 Å². The number of hydrogen-bond donors (Lipinski definition) is 2. The fourth-order valence-corrected chi connectivity index (χ4v) is 3.43. The summed E-state index contributed by atoms with van der Waals surface area (Å²) in [5.74, 6) is 0.758. The smallest absolute Gasteiger partial charge is 0.191 e. The number of sulfone groups is 1. The highest BCUT2D eigenvalue weighted by Crippen LogP contribution is 2.19. The van der Waals surface area contributed by atoms with Gasteiger partial charge in [-0.3, -0.25) is 4.99 Å². The van der Waals surface area contributed by atoms with Gasteiger partial charge in [-0.15, -0.1) is 0 Å². The molecule has 1 aromatic rings. The molecule has 0 heterocycles. The van der Waals surface area contributed by atoms with Crippen molar-refractivity contribution in [2.75, 3.05) is 19.8 Å². The van der Waals surface area contributed by atoms with E-state index in [4.69, 9.17) is 0 Å². The highest BCUT2D eigenvalue weighted by atomic mass is 32.2. The molecule has 0 amide bonds. The molecular weight excluding hydrogens is 322 g/mol. The summed E-state index contributed by atoms with van der Waals surface area (Å²) >= 11 is 0. The van der Waals surface area contributed by atoms with Crippen LogP contribution in [-0.4, -0.2) is 34.2 Å². The van der Waals surface area contributed by atoms with E-state index in [1.54, 1.807) is 13.1 Å². The van der Waals surface area contributed by atoms with Gasteiger partial charge in [0.25, 0.3) is 0 Å². The molecule has 0 aliphatic rings. The molecule has 0 fully saturated rings. The lowest BCUT2D eigenvalue weighted by molar-refractivity contribution is 0.365. The van der Waals surface area contributed by atoms with E-state index in [1.165, 1.54) is 6.26 Å². The number of hydrogen-bond acceptors (Lipinski definition) is 3. The Bertz CT molecular complexity index is 674. The summed E-state index contributed by atoms with van der Waals surface area (Å²) in [5.41, 5.74) is 2.14. The van der Waals surface area contributed by atoms with Crippen LogP contribution in [0.15, 0.2) is 28.1 Å². The maximum Gasteiger partial charge on any atom is 0.191 e. The topological polar surface area (TPSA) is 70.6 Å². The number of rotatable bonds is 6. The normalized spacial score (nSPS) is 13.0. The van der Waals surface area contributed by atoms with Crippen molar-refractivity contribution in [1.29, 1.82) is 0 Å². The van der Waals surface area contributed by atoms with Crippen molar-refractivity contribution in [3.8, 4) is 0 Å². The number of aliphatic imine (C=N–C) groups is 1. The van der Waals surface area contributed by atoms with Crippen LogP contribution in [-0.2, 0) is 16.4 Å². The highest BCUT2D eigenvalue weighted by Gasteiger charge is 2.11. The van der Waals surface area contributed by atoms with E-state index in [2.05, 4.69) is 36.4 Å². The summed E-state index contributed by atoms with van der Waals surface area (Å²) in [6.07, 6.45) is 3.48. The SMILES string of the molecule is CN=C(NCCCC(C)(C)C)NCc1ccc(S(C)(=O)=O)c(C)c1. The predicted octanol–water partition coefficient (Wildman–Crippen LogP) is 2.89. The lowest BCUT2D eigenvalue weighted by atomic mass is 9.91. The van der Waals surface area contributed by atoms with Gasteiger partial charge in [-0.2, -0.15) is 0 Å². The Morgan fingerprint density at radius 3 is 2.38 bits per heavy atom. The standard InChI is InChI=1S/C18H31N3O2S/c1-14-12-15(8-9-16(14)24(6,22)23)13-21-17(19-5)20-11-7-10-18(2,3)4/h8-9,12H,7,10-11,13H2,1-6H3,(H2,19,20,21). The molecule has 24 heavy (non-hydrogen) atoms. The van der Waals surface area contributed by atoms with E-state index in [-0.39, 0.29) is 0 Å². The molecule has 0 saturated heterocycles. The Morgan fingerprint density at radius 2 is 1.88 bits per heavy atom. The van der Waals surface area contributed by atoms with Gasteiger partial charge in [0.2, 0.25) is 0 Å². The largest absolute Gasteiger partial charge is 0.356 e. The second-order valence-corrected chi connectivity index (χ2v) is 9.37. The Balaban J connectivity index is 2.54. The van der Waals surface area contributed by atoms with Crippen LogP contribution in [0.1, 0.15) is 44.7 Å². The Morgan fingerprint density at radius 1 is 1.21 bits per heavy atom. The van der Waals surface area contributed by atoms with Gasteiger partial charge in [0.15, 0.2) is 15.8 Å². The van der Waals surface area contributed by atoms with Crippen LogP contribution in [0, 0.1) is 12.3 Å². The van der Waals surface area contributed by atoms with Crippen LogP contribution < -0.4 is 10.6 Å². The monoisotopic (exact) mass is 353 g/mol. The van der Waals surface area contributed by atoms with Gasteiger partial charge in [-0.05, 0) is 42.4 Å². The molecule has 0 bridgehead atoms. The van der Waals surface area contributed by atoms with Crippen molar-refractivity contribution < 1.29 is 8.42 Å². The van der Waals surface area contributed by atoms with Crippen LogP contribution in [0.4, 0.5) is 0 Å². The van der Waals surface area contributed by atoms with E-state index in [0.717, 1.165) is 36.5 Å². The molecule has 6 heteroatoms. The van der Waals surface area contributed by atoms with E-state index in [9.17, 15) is 8.42 Å². The summed E-state index contributed by atoms with van der Waals surface area (Å²) < 4.78 is 23.3. The van der Waals surface area contributed by atoms with Gasteiger partial charge < -0.3 is 10.6 Å². The maximum atomic E-state index is 11.6. The summed E-state index contributed by atoms with van der Waals surface area (Å²) in [6.45, 7) is 10.0. The van der Waals surface area contributed by atoms with Gasteiger partial charge >= 0.3 is 0 Å². The number of aryl methyl sites for hydroxylation is 1. The maximum absolute atomic E-state index is 11.6. The molecule has 0 atom stereocenters. The Hall–Kier alpha value is -1.56. The predicted molar refractivity (Wildman–Crippen MR) is 101 cm³/mol. The van der Waals surface area contributed by atoms with E-state index < -0.39 is 9.84 Å². The quantitative estimate of drug-likeness (QED) is 0.469. The minimum Gasteiger partial charge on any atom is -0.356 e. The molecule has 0 spiro atoms. The lowest BCUT2D eigenvalue weighted by Gasteiger charge is -2.18. The first kappa shape index (κ1) is 20.5. The summed E-state index contributed by atoms with van der Waals surface area (Å²) in [6, 6.07) is 5.40. The number of benzene rings is 1. The van der Waals surface area contributed by atoms with Crippen LogP contribution in [0.25, 0.3) is 0 Å². The molecule has 0 aliphatic heterocycles. The summed E-state index contributed by atoms with van der Waals surface area (Å²) in [5, 5.41) is 6.56. The molecule has 0 unspecified atom stereocenters. The van der Waals surface area contributed by atoms with Gasteiger partial charge in [-0.1, -0.05) is 32.9 Å². The first-order chi connectivity index (χ1) is 11.0. The molecular formula is C18H31N3O2S. The second kappa shape index (κ2) is 8.51. The van der Waals surface area contributed by atoms with E-state index in [0.29, 0.717) is 16.9 Å². The zero-order valence-corrected chi connectivity index (χ0v) is 16.5. The summed E-state index contributed by atoms with van der Waals surface area (Å²) in [7, 11) is -1.42. The number of nitrogens with one attached hydrogen (secondary N) is 2. The molecule has 0 aliphatic carbocycles. The molecule has 2 N–H and O–H groups in total. The average molecular weight is 354 g/mol. The zero-order valence-electron chi connectivity index (χ0n) is 15.7. The van der Waals surface area contributed by atoms with Crippen LogP contribution in [0.3, 0.4) is 0 Å². The number of guanidine groups is 1. The fourth-order valence-electron chi connectivity index (χ4n) is 2.47. The third kappa shape index (κ3) is 7.34. The van der Waals surface area contributed by atoms with Crippen molar-refractivity contribution in [1.82, 2.24) is 10.6 Å². The Kier molecular flexibility index (Phi) is 7.27. The van der Waals surface area contributed by atoms with Crippen molar-refractivity contribution in [2.45, 2.75) is 52.0 Å². The van der Waals surface area contributed by atoms with Gasteiger partial charge in [-0.25, -0.2) is 8.42 Å². The molecule has 0 radical (unpaired) electrons. The molecule has 5 nitrogen and oxygen atoms in total. The zero-order chi connectivity index (χ0) is 18.4. The highest BCUT2D eigenvalue weighted by molar-refractivity contribution is 7.90. The first-order valence-electron chi connectivity index (χ1n) is 8.27. The third-order valence-electron chi connectivity index (χ3n) is 3.72. The molecule has 0 aromatic heterocycles. The van der Waals surface area contributed by atoms with Crippen LogP contribution in [0.5, 0.6) is 0 Å². The fraction of sp³-hybridized carbons (Fsp3) is 0.611.